The second-order valence-electron chi connectivity index (χ2n) is 8.48. The Kier molecular flexibility index (Phi) is 6.08. The highest BCUT2D eigenvalue weighted by Gasteiger charge is 2.31. The molecule has 0 radical (unpaired) electrons. The van der Waals surface area contributed by atoms with Gasteiger partial charge in [0.15, 0.2) is 11.6 Å². The maximum atomic E-state index is 13.1. The topological polar surface area (TPSA) is 84.7 Å². The molecule has 5 rings (SSSR count). The first kappa shape index (κ1) is 24.0. The van der Waals surface area contributed by atoms with Gasteiger partial charge in [0, 0.05) is 48.1 Å². The number of amides is 1. The van der Waals surface area contributed by atoms with Crippen LogP contribution in [0.3, 0.4) is 0 Å². The average molecular weight is 503 g/mol. The number of alkyl halides is 3. The molecule has 0 saturated carbocycles. The number of carbonyl (C=O) groups is 1. The highest BCUT2D eigenvalue weighted by atomic mass is 19.4. The minimum Gasteiger partial charge on any atom is -0.346 e. The number of nitrogens with zero attached hydrogens (tertiary/aromatic N) is 4. The first-order valence-electron chi connectivity index (χ1n) is 11.3. The Morgan fingerprint density at radius 3 is 2.51 bits per heavy atom. The summed E-state index contributed by atoms with van der Waals surface area (Å²) in [6, 6.07) is 15.0. The Morgan fingerprint density at radius 1 is 0.973 bits per heavy atom. The minimum absolute atomic E-state index is 0.0896. The van der Waals surface area contributed by atoms with E-state index < -0.39 is 17.6 Å². The van der Waals surface area contributed by atoms with Gasteiger partial charge in [0.2, 0.25) is 0 Å². The molecule has 2 N–H and O–H groups in total. The van der Waals surface area contributed by atoms with Gasteiger partial charge < -0.3 is 15.2 Å². The number of hydrogen-bond acceptors (Lipinski definition) is 5. The van der Waals surface area contributed by atoms with Gasteiger partial charge in [-0.15, -0.1) is 0 Å². The zero-order valence-electron chi connectivity index (χ0n) is 19.8. The Morgan fingerprint density at radius 2 is 1.76 bits per heavy atom. The lowest BCUT2D eigenvalue weighted by Crippen LogP contribution is -2.14. The van der Waals surface area contributed by atoms with Crippen molar-refractivity contribution in [2.45, 2.75) is 13.1 Å². The second-order valence-corrected chi connectivity index (χ2v) is 8.48. The van der Waals surface area contributed by atoms with E-state index in [1.54, 1.807) is 30.6 Å². The molecule has 0 atom stereocenters. The Bertz CT molecular complexity index is 1610. The van der Waals surface area contributed by atoms with Crippen LogP contribution in [0.1, 0.15) is 21.5 Å². The van der Waals surface area contributed by atoms with E-state index in [0.29, 0.717) is 23.0 Å². The monoisotopic (exact) mass is 502 g/mol. The summed E-state index contributed by atoms with van der Waals surface area (Å²) in [7, 11) is 1.89. The van der Waals surface area contributed by atoms with Gasteiger partial charge in [0.1, 0.15) is 5.52 Å². The van der Waals surface area contributed by atoms with E-state index in [4.69, 9.17) is 4.98 Å². The number of hydrogen-bond donors (Lipinski definition) is 2. The van der Waals surface area contributed by atoms with Crippen molar-refractivity contribution in [1.29, 1.82) is 0 Å². The van der Waals surface area contributed by atoms with Crippen molar-refractivity contribution in [3.05, 3.63) is 95.9 Å². The van der Waals surface area contributed by atoms with Crippen LogP contribution in [0.15, 0.2) is 79.3 Å². The molecule has 0 saturated heterocycles. The average Bonchev–Trinajstić information content (AvgIpc) is 3.27. The lowest BCUT2D eigenvalue weighted by molar-refractivity contribution is -0.137. The quantitative estimate of drug-likeness (QED) is 0.292. The zero-order valence-corrected chi connectivity index (χ0v) is 19.8. The summed E-state index contributed by atoms with van der Waals surface area (Å²) in [5.41, 5.74) is 3.34. The van der Waals surface area contributed by atoms with E-state index in [9.17, 15) is 18.0 Å². The minimum atomic E-state index is -4.54. The lowest BCUT2D eigenvalue weighted by Gasteiger charge is -2.14. The van der Waals surface area contributed by atoms with Crippen LogP contribution in [0.2, 0.25) is 0 Å². The van der Waals surface area contributed by atoms with Crippen molar-refractivity contribution in [2.24, 2.45) is 7.05 Å². The van der Waals surface area contributed by atoms with Crippen LogP contribution in [0, 0.1) is 6.92 Å². The number of halogens is 3. The molecule has 0 aliphatic heterocycles. The predicted octanol–water partition coefficient (Wildman–Crippen LogP) is 6.35. The molecule has 186 valence electrons. The van der Waals surface area contributed by atoms with Crippen molar-refractivity contribution in [3.8, 4) is 11.4 Å². The number of pyridine rings is 1. The van der Waals surface area contributed by atoms with Gasteiger partial charge in [0.25, 0.3) is 5.91 Å². The number of anilines is 3. The molecule has 3 heterocycles. The van der Waals surface area contributed by atoms with Crippen LogP contribution in [0.25, 0.3) is 22.4 Å². The Labute approximate surface area is 210 Å². The third-order valence-electron chi connectivity index (χ3n) is 5.86. The molecule has 0 bridgehead atoms. The normalized spacial score (nSPS) is 11.5. The molecule has 2 aromatic carbocycles. The van der Waals surface area contributed by atoms with Crippen LogP contribution in [0.5, 0.6) is 0 Å². The van der Waals surface area contributed by atoms with Crippen molar-refractivity contribution in [2.75, 3.05) is 10.6 Å². The molecule has 0 spiro atoms. The molecule has 0 aliphatic carbocycles. The van der Waals surface area contributed by atoms with Crippen LogP contribution in [-0.4, -0.2) is 25.4 Å². The molecule has 1 amide bonds. The van der Waals surface area contributed by atoms with Crippen molar-refractivity contribution >= 4 is 34.1 Å². The molecular weight excluding hydrogens is 481 g/mol. The van der Waals surface area contributed by atoms with E-state index in [2.05, 4.69) is 20.6 Å². The molecule has 0 unspecified atom stereocenters. The second kappa shape index (κ2) is 9.38. The zero-order chi connectivity index (χ0) is 26.2. The van der Waals surface area contributed by atoms with Crippen LogP contribution >= 0.6 is 0 Å². The number of aromatic nitrogens is 4. The van der Waals surface area contributed by atoms with Crippen molar-refractivity contribution in [3.63, 3.8) is 0 Å². The molecule has 10 heteroatoms. The summed E-state index contributed by atoms with van der Waals surface area (Å²) in [6.07, 6.45) is 0.689. The fourth-order valence-electron chi connectivity index (χ4n) is 3.91. The summed E-state index contributed by atoms with van der Waals surface area (Å²) >= 11 is 0. The highest BCUT2D eigenvalue weighted by Crippen LogP contribution is 2.31. The summed E-state index contributed by atoms with van der Waals surface area (Å²) in [5, 5.41) is 6.03. The fraction of sp³-hybridized carbons (Fsp3) is 0.111. The van der Waals surface area contributed by atoms with E-state index in [1.165, 1.54) is 12.1 Å². The third kappa shape index (κ3) is 4.99. The summed E-state index contributed by atoms with van der Waals surface area (Å²) in [6.45, 7) is 1.90. The van der Waals surface area contributed by atoms with Crippen LogP contribution in [0.4, 0.5) is 30.4 Å². The Hall–Kier alpha value is -4.73. The van der Waals surface area contributed by atoms with Gasteiger partial charge in [0.05, 0.1) is 11.1 Å². The summed E-state index contributed by atoms with van der Waals surface area (Å²) in [5.74, 6) is 0.441. The molecular formula is C27H21F3N6O. The largest absolute Gasteiger partial charge is 0.416 e. The van der Waals surface area contributed by atoms with Crippen LogP contribution < -0.4 is 10.6 Å². The number of rotatable bonds is 5. The maximum Gasteiger partial charge on any atom is 0.416 e. The molecule has 37 heavy (non-hydrogen) atoms. The predicted molar refractivity (Wildman–Crippen MR) is 136 cm³/mol. The number of aryl methyl sites for hydroxylation is 2. The van der Waals surface area contributed by atoms with Gasteiger partial charge in [-0.2, -0.15) is 13.2 Å². The van der Waals surface area contributed by atoms with Crippen LogP contribution in [-0.2, 0) is 13.2 Å². The number of fused-ring (bicyclic) bond motifs is 1. The number of carbonyl (C=O) groups excluding carboxylic acids is 1. The summed E-state index contributed by atoms with van der Waals surface area (Å²) < 4.78 is 41.1. The van der Waals surface area contributed by atoms with Crippen molar-refractivity contribution < 1.29 is 18.0 Å². The third-order valence-corrected chi connectivity index (χ3v) is 5.86. The van der Waals surface area contributed by atoms with E-state index in [-0.39, 0.29) is 5.56 Å². The molecule has 5 aromatic rings. The first-order chi connectivity index (χ1) is 17.7. The van der Waals surface area contributed by atoms with Gasteiger partial charge in [-0.25, -0.2) is 9.97 Å². The van der Waals surface area contributed by atoms with Gasteiger partial charge in [-0.05, 0) is 61.0 Å². The lowest BCUT2D eigenvalue weighted by atomic mass is 10.1. The van der Waals surface area contributed by atoms with Gasteiger partial charge in [-0.1, -0.05) is 12.1 Å². The van der Waals surface area contributed by atoms with Crippen molar-refractivity contribution in [1.82, 2.24) is 19.5 Å². The Balaban J connectivity index is 1.47. The van der Waals surface area contributed by atoms with Gasteiger partial charge in [-0.3, -0.25) is 9.78 Å². The number of benzene rings is 2. The fourth-order valence-corrected chi connectivity index (χ4v) is 3.91. The number of nitrogens with one attached hydrogen (secondary N) is 2. The van der Waals surface area contributed by atoms with E-state index in [0.717, 1.165) is 34.3 Å². The van der Waals surface area contributed by atoms with Gasteiger partial charge >= 0.3 is 6.18 Å². The standard InChI is InChI=1S/C27H21F3N6O/c1-16-6-7-20(32-26(37)18-4-3-5-19(14-18)27(28,29)30)15-22(16)34-25-23-21(10-13-36(23)2)33-24(35-25)17-8-11-31-12-9-17/h3-15H,1-2H3,(H,32,37)(H,33,34,35). The smallest absolute Gasteiger partial charge is 0.346 e. The maximum absolute atomic E-state index is 13.1. The first-order valence-corrected chi connectivity index (χ1v) is 11.3. The van der Waals surface area contributed by atoms with E-state index in [1.807, 2.05) is 42.9 Å². The molecule has 7 nitrogen and oxygen atoms in total. The molecule has 3 aromatic heterocycles. The highest BCUT2D eigenvalue weighted by molar-refractivity contribution is 6.04. The summed E-state index contributed by atoms with van der Waals surface area (Å²) in [4.78, 5) is 26.2. The van der Waals surface area contributed by atoms with E-state index >= 15 is 0 Å². The SMILES string of the molecule is Cc1ccc(NC(=O)c2cccc(C(F)(F)F)c2)cc1Nc1nc(-c2ccncc2)nc2ccn(C)c12. The molecule has 0 aliphatic rings. The molecule has 0 fully saturated rings.